The molecule has 118 valence electrons. The highest BCUT2D eigenvalue weighted by Crippen LogP contribution is 2.31. The number of hydrogen-bond donors (Lipinski definition) is 1. The lowest BCUT2D eigenvalue weighted by molar-refractivity contribution is 0.346. The largest absolute Gasteiger partial charge is 0.495 e. The molecule has 0 saturated carbocycles. The number of nitrogen functional groups attached to an aromatic ring is 1. The van der Waals surface area contributed by atoms with Gasteiger partial charge in [0.15, 0.2) is 0 Å². The van der Waals surface area contributed by atoms with Crippen molar-refractivity contribution in [1.82, 2.24) is 9.21 Å². The number of anilines is 1. The van der Waals surface area contributed by atoms with E-state index < -0.39 is 10.0 Å². The van der Waals surface area contributed by atoms with Gasteiger partial charge in [0.1, 0.15) is 10.6 Å². The number of ether oxygens (including phenoxy) is 1. The Balaban J connectivity index is 2.41. The number of hydrogen-bond acceptors (Lipinski definition) is 5. The zero-order valence-electron chi connectivity index (χ0n) is 12.8. The summed E-state index contributed by atoms with van der Waals surface area (Å²) in [6.45, 7) is 4.45. The fourth-order valence-corrected chi connectivity index (χ4v) is 4.08. The highest BCUT2D eigenvalue weighted by Gasteiger charge is 2.29. The summed E-state index contributed by atoms with van der Waals surface area (Å²) in [7, 11) is -0.116. The van der Waals surface area contributed by atoms with Crippen LogP contribution in [0, 0.1) is 6.92 Å². The molecule has 21 heavy (non-hydrogen) atoms. The minimum Gasteiger partial charge on any atom is -0.495 e. The van der Waals surface area contributed by atoms with E-state index in [9.17, 15) is 8.42 Å². The maximum Gasteiger partial charge on any atom is 0.246 e. The number of methoxy groups -OCH3 is 1. The third-order valence-electron chi connectivity index (χ3n) is 3.85. The lowest BCUT2D eigenvalue weighted by atomic mass is 10.2. The van der Waals surface area contributed by atoms with Crippen molar-refractivity contribution in [2.75, 3.05) is 46.1 Å². The van der Waals surface area contributed by atoms with Gasteiger partial charge in [-0.15, -0.1) is 0 Å². The summed E-state index contributed by atoms with van der Waals surface area (Å²) in [6.07, 6.45) is 0.819. The number of aryl methyl sites for hydroxylation is 1. The van der Waals surface area contributed by atoms with Gasteiger partial charge in [0.2, 0.25) is 10.0 Å². The summed E-state index contributed by atoms with van der Waals surface area (Å²) in [5.74, 6) is 0.347. The fraction of sp³-hybridized carbons (Fsp3) is 0.571. The quantitative estimate of drug-likeness (QED) is 0.840. The third-order valence-corrected chi connectivity index (χ3v) is 5.77. The van der Waals surface area contributed by atoms with E-state index in [-0.39, 0.29) is 4.90 Å². The van der Waals surface area contributed by atoms with E-state index in [0.29, 0.717) is 24.5 Å². The van der Waals surface area contributed by atoms with E-state index in [2.05, 4.69) is 4.90 Å². The van der Waals surface area contributed by atoms with Crippen molar-refractivity contribution >= 4 is 15.7 Å². The molecule has 0 atom stereocenters. The molecule has 0 amide bonds. The molecule has 1 saturated heterocycles. The minimum atomic E-state index is -3.59. The molecule has 1 fully saturated rings. The summed E-state index contributed by atoms with van der Waals surface area (Å²) in [4.78, 5) is 2.29. The molecule has 0 aliphatic carbocycles. The average Bonchev–Trinajstić information content (AvgIpc) is 2.66. The lowest BCUT2D eigenvalue weighted by Gasteiger charge is -2.22. The van der Waals surface area contributed by atoms with Gasteiger partial charge in [-0.1, -0.05) is 0 Å². The van der Waals surface area contributed by atoms with Crippen LogP contribution in [0.1, 0.15) is 12.0 Å². The van der Waals surface area contributed by atoms with E-state index in [1.807, 2.05) is 14.0 Å². The van der Waals surface area contributed by atoms with Crippen LogP contribution in [-0.4, -0.2) is 58.0 Å². The number of nitrogens with two attached hydrogens (primary N) is 1. The summed E-state index contributed by atoms with van der Waals surface area (Å²) >= 11 is 0. The Labute approximate surface area is 126 Å². The van der Waals surface area contributed by atoms with Crippen molar-refractivity contribution in [3.05, 3.63) is 17.7 Å². The number of sulfonamides is 1. The molecule has 0 bridgehead atoms. The molecule has 1 aromatic carbocycles. The van der Waals surface area contributed by atoms with E-state index in [1.54, 1.807) is 6.07 Å². The normalized spacial score (nSPS) is 18.4. The van der Waals surface area contributed by atoms with E-state index >= 15 is 0 Å². The first-order chi connectivity index (χ1) is 9.86. The maximum atomic E-state index is 12.9. The van der Waals surface area contributed by atoms with E-state index in [1.165, 1.54) is 17.5 Å². The van der Waals surface area contributed by atoms with Crippen LogP contribution in [0.25, 0.3) is 0 Å². The highest BCUT2D eigenvalue weighted by molar-refractivity contribution is 7.89. The van der Waals surface area contributed by atoms with Crippen LogP contribution >= 0.6 is 0 Å². The molecule has 1 aliphatic heterocycles. The van der Waals surface area contributed by atoms with Crippen LogP contribution in [0.4, 0.5) is 5.69 Å². The zero-order chi connectivity index (χ0) is 15.6. The zero-order valence-corrected chi connectivity index (χ0v) is 13.6. The Hall–Kier alpha value is -1.31. The number of likely N-dealkylation sites (N-methyl/N-ethyl adjacent to an activating group) is 1. The van der Waals surface area contributed by atoms with Gasteiger partial charge < -0.3 is 15.4 Å². The lowest BCUT2D eigenvalue weighted by Crippen LogP contribution is -2.34. The first-order valence-corrected chi connectivity index (χ1v) is 8.43. The first kappa shape index (κ1) is 16.1. The number of nitrogens with zero attached hydrogens (tertiary/aromatic N) is 2. The van der Waals surface area contributed by atoms with Gasteiger partial charge in [-0.3, -0.25) is 0 Å². The molecule has 7 heteroatoms. The van der Waals surface area contributed by atoms with Crippen LogP contribution < -0.4 is 10.5 Å². The van der Waals surface area contributed by atoms with Gasteiger partial charge in [0, 0.05) is 25.3 Å². The van der Waals surface area contributed by atoms with Crippen molar-refractivity contribution < 1.29 is 13.2 Å². The molecule has 1 heterocycles. The molecule has 1 aromatic rings. The highest BCUT2D eigenvalue weighted by atomic mass is 32.2. The van der Waals surface area contributed by atoms with Crippen LogP contribution in [0.2, 0.25) is 0 Å². The molecule has 2 rings (SSSR count). The van der Waals surface area contributed by atoms with Crippen LogP contribution in [0.3, 0.4) is 0 Å². The predicted octanol–water partition coefficient (Wildman–Crippen LogP) is 0.912. The second kappa shape index (κ2) is 6.21. The van der Waals surface area contributed by atoms with Gasteiger partial charge in [0.25, 0.3) is 0 Å². The van der Waals surface area contributed by atoms with E-state index in [4.69, 9.17) is 10.5 Å². The number of benzene rings is 1. The van der Waals surface area contributed by atoms with Crippen molar-refractivity contribution in [2.45, 2.75) is 18.2 Å². The second-order valence-electron chi connectivity index (χ2n) is 5.42. The molecule has 0 aromatic heterocycles. The molecule has 2 N–H and O–H groups in total. The Morgan fingerprint density at radius 1 is 1.19 bits per heavy atom. The Morgan fingerprint density at radius 2 is 1.90 bits per heavy atom. The van der Waals surface area contributed by atoms with Crippen LogP contribution in [0.5, 0.6) is 5.75 Å². The van der Waals surface area contributed by atoms with Crippen molar-refractivity contribution in [2.24, 2.45) is 0 Å². The smallest absolute Gasteiger partial charge is 0.246 e. The van der Waals surface area contributed by atoms with Crippen LogP contribution in [-0.2, 0) is 10.0 Å². The molecule has 0 radical (unpaired) electrons. The van der Waals surface area contributed by atoms with Crippen molar-refractivity contribution in [3.63, 3.8) is 0 Å². The summed E-state index contributed by atoms with van der Waals surface area (Å²) in [5.41, 5.74) is 7.14. The van der Waals surface area contributed by atoms with Crippen molar-refractivity contribution in [3.8, 4) is 5.75 Å². The summed E-state index contributed by atoms with van der Waals surface area (Å²) < 4.78 is 32.5. The summed E-state index contributed by atoms with van der Waals surface area (Å²) in [5, 5.41) is 0. The SMILES string of the molecule is COc1cc(C)c(N)cc1S(=O)(=O)N1CCCN(C)CC1. The fourth-order valence-electron chi connectivity index (χ4n) is 2.44. The van der Waals surface area contributed by atoms with E-state index in [0.717, 1.165) is 25.1 Å². The van der Waals surface area contributed by atoms with Gasteiger partial charge in [-0.25, -0.2) is 8.42 Å². The average molecular weight is 313 g/mol. The topological polar surface area (TPSA) is 75.9 Å². The first-order valence-electron chi connectivity index (χ1n) is 6.99. The molecule has 0 spiro atoms. The molecular weight excluding hydrogens is 290 g/mol. The van der Waals surface area contributed by atoms with Crippen molar-refractivity contribution in [1.29, 1.82) is 0 Å². The Kier molecular flexibility index (Phi) is 4.75. The number of rotatable bonds is 3. The second-order valence-corrected chi connectivity index (χ2v) is 7.33. The molecule has 0 unspecified atom stereocenters. The maximum absolute atomic E-state index is 12.9. The standard InChI is InChI=1S/C14H23N3O3S/c1-11-9-13(20-3)14(10-12(11)15)21(18,19)17-6-4-5-16(2)7-8-17/h9-10H,4-8,15H2,1-3H3. The summed E-state index contributed by atoms with van der Waals surface area (Å²) in [6, 6.07) is 3.17. The molecule has 6 nitrogen and oxygen atoms in total. The van der Waals surface area contributed by atoms with Gasteiger partial charge >= 0.3 is 0 Å². The van der Waals surface area contributed by atoms with Gasteiger partial charge in [-0.05, 0) is 44.6 Å². The third kappa shape index (κ3) is 3.30. The van der Waals surface area contributed by atoms with Gasteiger partial charge in [-0.2, -0.15) is 4.31 Å². The molecule has 1 aliphatic rings. The van der Waals surface area contributed by atoms with Gasteiger partial charge in [0.05, 0.1) is 7.11 Å². The minimum absolute atomic E-state index is 0.151. The Bertz CT molecular complexity index is 616. The van der Waals surface area contributed by atoms with Crippen LogP contribution in [0.15, 0.2) is 17.0 Å². The monoisotopic (exact) mass is 313 g/mol. The predicted molar refractivity (Wildman–Crippen MR) is 83.0 cm³/mol. The Morgan fingerprint density at radius 3 is 2.57 bits per heavy atom. The molecular formula is C14H23N3O3S.